The van der Waals surface area contributed by atoms with Crippen molar-refractivity contribution < 1.29 is 9.47 Å². The molecule has 22 heavy (non-hydrogen) atoms. The van der Waals surface area contributed by atoms with Crippen molar-refractivity contribution in [3.8, 4) is 0 Å². The quantitative estimate of drug-likeness (QED) is 0.701. The van der Waals surface area contributed by atoms with Gasteiger partial charge in [0.05, 0.1) is 18.8 Å². The summed E-state index contributed by atoms with van der Waals surface area (Å²) in [6.07, 6.45) is 10.2. The van der Waals surface area contributed by atoms with Crippen molar-refractivity contribution in [2.75, 3.05) is 6.61 Å². The lowest BCUT2D eigenvalue weighted by Gasteiger charge is -2.10. The molecule has 0 aromatic carbocycles. The molecule has 0 aromatic rings. The Hall–Kier alpha value is -1.91. The lowest BCUT2D eigenvalue weighted by molar-refractivity contribution is 0.143. The summed E-state index contributed by atoms with van der Waals surface area (Å²) in [4.78, 5) is 4.52. The minimum atomic E-state index is -0.269. The van der Waals surface area contributed by atoms with Crippen molar-refractivity contribution in [1.82, 2.24) is 0 Å². The molecule has 0 aromatic heterocycles. The van der Waals surface area contributed by atoms with Crippen LogP contribution in [0.5, 0.6) is 0 Å². The Labute approximate surface area is 132 Å². The summed E-state index contributed by atoms with van der Waals surface area (Å²) >= 11 is 0. The fourth-order valence-corrected chi connectivity index (χ4v) is 2.02. The number of nitrogens with two attached hydrogens (primary N) is 1. The average molecular weight is 300 g/mol. The zero-order chi connectivity index (χ0) is 16.1. The second-order valence-corrected chi connectivity index (χ2v) is 5.63. The molecule has 118 valence electrons. The van der Waals surface area contributed by atoms with Crippen LogP contribution in [0.15, 0.2) is 65.9 Å². The Kier molecular flexibility index (Phi) is 5.52. The molecule has 4 heteroatoms. The summed E-state index contributed by atoms with van der Waals surface area (Å²) < 4.78 is 11.2. The molecule has 1 saturated carbocycles. The summed E-state index contributed by atoms with van der Waals surface area (Å²) in [6.45, 7) is 14.0. The SMILES string of the molecule is C=C/C=C\C(=C/C(=C)COC1CC1)C1N=C([C@H](C)N)OC1=C. The third-order valence-corrected chi connectivity index (χ3v) is 3.33. The molecule has 0 bridgehead atoms. The first-order valence-corrected chi connectivity index (χ1v) is 7.51. The van der Waals surface area contributed by atoms with Crippen LogP contribution in [0, 0.1) is 0 Å². The van der Waals surface area contributed by atoms with Crippen molar-refractivity contribution in [2.45, 2.75) is 38.0 Å². The van der Waals surface area contributed by atoms with Gasteiger partial charge in [-0.05, 0) is 30.9 Å². The van der Waals surface area contributed by atoms with Crippen molar-refractivity contribution in [2.24, 2.45) is 10.7 Å². The maximum atomic E-state index is 5.82. The van der Waals surface area contributed by atoms with E-state index in [1.165, 1.54) is 0 Å². The van der Waals surface area contributed by atoms with Gasteiger partial charge in [0.25, 0.3) is 0 Å². The summed E-state index contributed by atoms with van der Waals surface area (Å²) in [6, 6.07) is -0.525. The maximum Gasteiger partial charge on any atom is 0.207 e. The van der Waals surface area contributed by atoms with E-state index in [9.17, 15) is 0 Å². The molecule has 1 aliphatic heterocycles. The molecule has 1 fully saturated rings. The molecule has 2 aliphatic rings. The Morgan fingerprint density at radius 1 is 1.55 bits per heavy atom. The fourth-order valence-electron chi connectivity index (χ4n) is 2.02. The smallest absolute Gasteiger partial charge is 0.207 e. The number of allylic oxidation sites excluding steroid dienone is 2. The molecule has 2 rings (SSSR count). The highest BCUT2D eigenvalue weighted by Crippen LogP contribution is 2.27. The molecular formula is C18H24N2O2. The second kappa shape index (κ2) is 7.38. The van der Waals surface area contributed by atoms with Gasteiger partial charge in [-0.2, -0.15) is 0 Å². The van der Waals surface area contributed by atoms with Crippen LogP contribution in [0.2, 0.25) is 0 Å². The first-order chi connectivity index (χ1) is 10.5. The molecule has 1 unspecified atom stereocenters. The first-order valence-electron chi connectivity index (χ1n) is 7.51. The van der Waals surface area contributed by atoms with Crippen molar-refractivity contribution >= 4 is 5.90 Å². The van der Waals surface area contributed by atoms with Crippen molar-refractivity contribution in [3.05, 3.63) is 60.9 Å². The van der Waals surface area contributed by atoms with E-state index in [0.29, 0.717) is 24.4 Å². The van der Waals surface area contributed by atoms with Crippen LogP contribution in [0.4, 0.5) is 0 Å². The zero-order valence-electron chi connectivity index (χ0n) is 13.1. The van der Waals surface area contributed by atoms with Crippen LogP contribution < -0.4 is 5.73 Å². The molecule has 0 spiro atoms. The van der Waals surface area contributed by atoms with E-state index in [2.05, 4.69) is 24.7 Å². The van der Waals surface area contributed by atoms with Gasteiger partial charge in [0.1, 0.15) is 11.8 Å². The van der Waals surface area contributed by atoms with Gasteiger partial charge in [-0.15, -0.1) is 0 Å². The Balaban J connectivity index is 2.13. The van der Waals surface area contributed by atoms with Gasteiger partial charge in [0.15, 0.2) is 0 Å². The Morgan fingerprint density at radius 3 is 2.82 bits per heavy atom. The van der Waals surface area contributed by atoms with Crippen molar-refractivity contribution in [1.29, 1.82) is 0 Å². The van der Waals surface area contributed by atoms with E-state index in [1.54, 1.807) is 6.08 Å². The molecule has 2 N–H and O–H groups in total. The van der Waals surface area contributed by atoms with Gasteiger partial charge in [-0.1, -0.05) is 44.0 Å². The number of hydrogen-bond acceptors (Lipinski definition) is 4. The summed E-state index contributed by atoms with van der Waals surface area (Å²) in [5, 5.41) is 0. The van der Waals surface area contributed by atoms with Crippen LogP contribution in [-0.2, 0) is 9.47 Å². The van der Waals surface area contributed by atoms with Crippen LogP contribution in [0.1, 0.15) is 19.8 Å². The predicted molar refractivity (Wildman–Crippen MR) is 90.6 cm³/mol. The number of ether oxygens (including phenoxy) is 2. The van der Waals surface area contributed by atoms with E-state index in [4.69, 9.17) is 15.2 Å². The summed E-state index contributed by atoms with van der Waals surface area (Å²) in [7, 11) is 0. The molecular weight excluding hydrogens is 276 g/mol. The Morgan fingerprint density at radius 2 is 2.27 bits per heavy atom. The van der Waals surface area contributed by atoms with Crippen LogP contribution in [0.25, 0.3) is 0 Å². The number of rotatable bonds is 8. The minimum absolute atomic E-state index is 0.257. The zero-order valence-corrected chi connectivity index (χ0v) is 13.1. The summed E-state index contributed by atoms with van der Waals surface area (Å²) in [5.41, 5.74) is 7.65. The van der Waals surface area contributed by atoms with E-state index in [-0.39, 0.29) is 12.1 Å². The van der Waals surface area contributed by atoms with E-state index in [1.807, 2.05) is 25.2 Å². The minimum Gasteiger partial charge on any atom is -0.444 e. The van der Waals surface area contributed by atoms with Gasteiger partial charge in [0, 0.05) is 0 Å². The predicted octanol–water partition coefficient (Wildman–Crippen LogP) is 3.05. The lowest BCUT2D eigenvalue weighted by atomic mass is 10.0. The monoisotopic (exact) mass is 300 g/mol. The van der Waals surface area contributed by atoms with Crippen LogP contribution in [0.3, 0.4) is 0 Å². The normalized spacial score (nSPS) is 23.4. The standard InChI is InChI=1S/C18H24N2O2/c1-5-6-7-15(10-12(2)11-21-16-8-9-16)17-14(4)22-18(20-17)13(3)19/h5-7,10,13,16-17H,1-2,4,8-9,11,19H2,3H3/b7-6-,15-10+/t13-,17?/m0/s1. The van der Waals surface area contributed by atoms with Gasteiger partial charge < -0.3 is 15.2 Å². The van der Waals surface area contributed by atoms with Gasteiger partial charge in [-0.25, -0.2) is 4.99 Å². The third kappa shape index (κ3) is 4.55. The molecule has 4 nitrogen and oxygen atoms in total. The average Bonchev–Trinajstić information content (AvgIpc) is 3.22. The topological polar surface area (TPSA) is 56.8 Å². The number of hydrogen-bond donors (Lipinski definition) is 1. The summed E-state index contributed by atoms with van der Waals surface area (Å²) in [5.74, 6) is 1.08. The highest BCUT2D eigenvalue weighted by atomic mass is 16.5. The number of nitrogens with zero attached hydrogens (tertiary/aromatic N) is 1. The first kappa shape index (κ1) is 16.5. The van der Waals surface area contributed by atoms with Crippen LogP contribution >= 0.6 is 0 Å². The lowest BCUT2D eigenvalue weighted by Crippen LogP contribution is -2.26. The largest absolute Gasteiger partial charge is 0.444 e. The fraction of sp³-hybridized carbons (Fsp3) is 0.389. The van der Waals surface area contributed by atoms with Gasteiger partial charge >= 0.3 is 0 Å². The molecule has 2 atom stereocenters. The van der Waals surface area contributed by atoms with Gasteiger partial charge in [0.2, 0.25) is 5.90 Å². The third-order valence-electron chi connectivity index (χ3n) is 3.33. The van der Waals surface area contributed by atoms with E-state index in [0.717, 1.165) is 24.0 Å². The molecule has 1 aliphatic carbocycles. The Bertz CT molecular complexity index is 551. The maximum absolute atomic E-state index is 5.82. The van der Waals surface area contributed by atoms with E-state index < -0.39 is 0 Å². The van der Waals surface area contributed by atoms with Crippen molar-refractivity contribution in [3.63, 3.8) is 0 Å². The van der Waals surface area contributed by atoms with Crippen LogP contribution in [-0.4, -0.2) is 30.7 Å². The van der Waals surface area contributed by atoms with E-state index >= 15 is 0 Å². The molecule has 1 heterocycles. The highest BCUT2D eigenvalue weighted by Gasteiger charge is 2.28. The molecule has 0 saturated heterocycles. The second-order valence-electron chi connectivity index (χ2n) is 5.63. The molecule has 0 amide bonds. The highest BCUT2D eigenvalue weighted by molar-refractivity contribution is 5.85. The van der Waals surface area contributed by atoms with Gasteiger partial charge in [-0.3, -0.25) is 0 Å². The number of aliphatic imine (C=N–C) groups is 1. The molecule has 0 radical (unpaired) electrons.